The Morgan fingerprint density at radius 1 is 1.35 bits per heavy atom. The van der Waals surface area contributed by atoms with Crippen molar-refractivity contribution in [1.29, 1.82) is 0 Å². The first-order valence-corrected chi connectivity index (χ1v) is 9.86. The number of para-hydroxylation sites is 1. The van der Waals surface area contributed by atoms with Crippen molar-refractivity contribution in [2.45, 2.75) is 25.9 Å². The van der Waals surface area contributed by atoms with Crippen LogP contribution in [0.25, 0.3) is 10.6 Å². The number of benzene rings is 1. The molecule has 0 saturated carbocycles. The number of hydrogen-bond acceptors (Lipinski definition) is 7. The van der Waals surface area contributed by atoms with Crippen LogP contribution < -0.4 is 14.8 Å². The van der Waals surface area contributed by atoms with Crippen LogP contribution >= 0.6 is 22.7 Å². The number of amides is 1. The van der Waals surface area contributed by atoms with E-state index in [2.05, 4.69) is 15.5 Å². The van der Waals surface area contributed by atoms with Crippen LogP contribution in [0.3, 0.4) is 0 Å². The number of ether oxygens (including phenoxy) is 2. The molecule has 0 bridgehead atoms. The average Bonchev–Trinajstić information content (AvgIpc) is 3.30. The quantitative estimate of drug-likeness (QED) is 0.716. The zero-order valence-corrected chi connectivity index (χ0v) is 15.9. The molecule has 0 atom stereocenters. The number of aromatic nitrogens is 2. The summed E-state index contributed by atoms with van der Waals surface area (Å²) in [5, 5.41) is 16.0. The first-order chi connectivity index (χ1) is 12.5. The molecule has 1 aromatic carbocycles. The van der Waals surface area contributed by atoms with Crippen molar-refractivity contribution in [2.24, 2.45) is 0 Å². The molecule has 134 valence electrons. The van der Waals surface area contributed by atoms with Crippen LogP contribution in [0.15, 0.2) is 35.0 Å². The molecular formula is C18H17N3O3S2. The highest BCUT2D eigenvalue weighted by molar-refractivity contribution is 7.19. The van der Waals surface area contributed by atoms with Gasteiger partial charge in [-0.2, -0.15) is 11.3 Å². The Bertz CT molecular complexity index is 935. The molecule has 0 spiro atoms. The predicted molar refractivity (Wildman–Crippen MR) is 102 cm³/mol. The van der Waals surface area contributed by atoms with Crippen LogP contribution in [0.5, 0.6) is 11.5 Å². The average molecular weight is 387 g/mol. The van der Waals surface area contributed by atoms with Crippen molar-refractivity contribution in [3.05, 3.63) is 40.6 Å². The number of fused-ring (bicyclic) bond motifs is 1. The number of carbonyl (C=O) groups is 1. The van der Waals surface area contributed by atoms with Gasteiger partial charge in [-0.3, -0.25) is 10.1 Å². The Hall–Kier alpha value is -2.45. The third kappa shape index (κ3) is 3.56. The fourth-order valence-electron chi connectivity index (χ4n) is 2.78. The van der Waals surface area contributed by atoms with Crippen molar-refractivity contribution in [3.8, 4) is 22.1 Å². The summed E-state index contributed by atoms with van der Waals surface area (Å²) in [6.07, 6.45) is 0.821. The minimum atomic E-state index is -0.284. The van der Waals surface area contributed by atoms with E-state index in [0.717, 1.165) is 28.3 Å². The van der Waals surface area contributed by atoms with E-state index in [1.54, 1.807) is 11.3 Å². The van der Waals surface area contributed by atoms with Gasteiger partial charge >= 0.3 is 0 Å². The van der Waals surface area contributed by atoms with E-state index in [0.29, 0.717) is 10.9 Å². The molecule has 0 aliphatic carbocycles. The van der Waals surface area contributed by atoms with E-state index in [-0.39, 0.29) is 18.1 Å². The number of nitrogens with one attached hydrogen (secondary N) is 1. The zero-order valence-electron chi connectivity index (χ0n) is 14.3. The van der Waals surface area contributed by atoms with Gasteiger partial charge in [-0.1, -0.05) is 23.5 Å². The van der Waals surface area contributed by atoms with Gasteiger partial charge in [0.15, 0.2) is 18.1 Å². The van der Waals surface area contributed by atoms with Crippen LogP contribution in [0, 0.1) is 0 Å². The van der Waals surface area contributed by atoms with Gasteiger partial charge in [-0.15, -0.1) is 10.2 Å². The monoisotopic (exact) mass is 387 g/mol. The van der Waals surface area contributed by atoms with Crippen molar-refractivity contribution < 1.29 is 14.3 Å². The molecule has 0 unspecified atom stereocenters. The lowest BCUT2D eigenvalue weighted by Gasteiger charge is -2.18. The molecule has 1 N–H and O–H groups in total. The van der Waals surface area contributed by atoms with Gasteiger partial charge in [-0.25, -0.2) is 0 Å². The van der Waals surface area contributed by atoms with Crippen LogP contribution in [-0.4, -0.2) is 28.3 Å². The van der Waals surface area contributed by atoms with E-state index < -0.39 is 0 Å². The second-order valence-electron chi connectivity index (χ2n) is 6.54. The van der Waals surface area contributed by atoms with Gasteiger partial charge in [0.2, 0.25) is 5.13 Å². The molecule has 3 heterocycles. The van der Waals surface area contributed by atoms with E-state index >= 15 is 0 Å². The number of nitrogens with zero attached hydrogens (tertiary/aromatic N) is 2. The van der Waals surface area contributed by atoms with Crippen LogP contribution in [-0.2, 0) is 11.2 Å². The number of anilines is 1. The molecule has 4 rings (SSSR count). The molecule has 0 radical (unpaired) electrons. The minimum absolute atomic E-state index is 0.117. The Morgan fingerprint density at radius 2 is 2.23 bits per heavy atom. The molecule has 0 fully saturated rings. The largest absolute Gasteiger partial charge is 0.483 e. The molecule has 1 amide bonds. The summed E-state index contributed by atoms with van der Waals surface area (Å²) in [5.41, 5.74) is 1.84. The van der Waals surface area contributed by atoms with E-state index in [1.807, 2.05) is 48.9 Å². The third-order valence-electron chi connectivity index (χ3n) is 3.85. The maximum atomic E-state index is 12.2. The normalized spacial score (nSPS) is 14.5. The molecule has 1 aliphatic rings. The lowest BCUT2D eigenvalue weighted by molar-refractivity contribution is -0.118. The van der Waals surface area contributed by atoms with Gasteiger partial charge in [0.05, 0.1) is 0 Å². The number of rotatable bonds is 5. The highest BCUT2D eigenvalue weighted by Crippen LogP contribution is 2.41. The lowest BCUT2D eigenvalue weighted by Crippen LogP contribution is -2.25. The smallest absolute Gasteiger partial charge is 0.264 e. The predicted octanol–water partition coefficient (Wildman–Crippen LogP) is 4.00. The highest BCUT2D eigenvalue weighted by atomic mass is 32.1. The van der Waals surface area contributed by atoms with Gasteiger partial charge in [0.25, 0.3) is 5.91 Å². The molecule has 1 aliphatic heterocycles. The van der Waals surface area contributed by atoms with Crippen molar-refractivity contribution in [3.63, 3.8) is 0 Å². The summed E-state index contributed by atoms with van der Waals surface area (Å²) in [4.78, 5) is 12.2. The molecule has 0 saturated heterocycles. The van der Waals surface area contributed by atoms with Gasteiger partial charge < -0.3 is 9.47 Å². The fourth-order valence-corrected chi connectivity index (χ4v) is 4.25. The number of thiophene rings is 1. The molecular weight excluding hydrogens is 370 g/mol. The maximum absolute atomic E-state index is 12.2. The van der Waals surface area contributed by atoms with Gasteiger partial charge in [-0.05, 0) is 31.4 Å². The summed E-state index contributed by atoms with van der Waals surface area (Å²) in [5.74, 6) is 1.02. The van der Waals surface area contributed by atoms with Crippen LogP contribution in [0.1, 0.15) is 19.4 Å². The number of hydrogen-bond donors (Lipinski definition) is 1. The van der Waals surface area contributed by atoms with E-state index in [4.69, 9.17) is 9.47 Å². The molecule has 2 aromatic heterocycles. The van der Waals surface area contributed by atoms with E-state index in [9.17, 15) is 4.79 Å². The summed E-state index contributed by atoms with van der Waals surface area (Å²) >= 11 is 2.93. The second kappa shape index (κ2) is 6.69. The Morgan fingerprint density at radius 3 is 3.04 bits per heavy atom. The third-order valence-corrected chi connectivity index (χ3v) is 5.42. The Kier molecular flexibility index (Phi) is 4.37. The minimum Gasteiger partial charge on any atom is -0.483 e. The highest BCUT2D eigenvalue weighted by Gasteiger charge is 2.32. The summed E-state index contributed by atoms with van der Waals surface area (Å²) in [7, 11) is 0. The van der Waals surface area contributed by atoms with Crippen molar-refractivity contribution >= 4 is 33.7 Å². The lowest BCUT2D eigenvalue weighted by atomic mass is 10.0. The number of carbonyl (C=O) groups excluding carboxylic acids is 1. The van der Waals surface area contributed by atoms with Gasteiger partial charge in [0.1, 0.15) is 10.6 Å². The van der Waals surface area contributed by atoms with E-state index in [1.165, 1.54) is 11.3 Å². The summed E-state index contributed by atoms with van der Waals surface area (Å²) < 4.78 is 11.6. The van der Waals surface area contributed by atoms with Crippen LogP contribution in [0.4, 0.5) is 5.13 Å². The summed E-state index contributed by atoms with van der Waals surface area (Å²) in [6, 6.07) is 7.71. The molecule has 6 nitrogen and oxygen atoms in total. The molecule has 8 heteroatoms. The fraction of sp³-hybridized carbons (Fsp3) is 0.278. The van der Waals surface area contributed by atoms with Crippen molar-refractivity contribution in [1.82, 2.24) is 10.2 Å². The first-order valence-electron chi connectivity index (χ1n) is 8.10. The molecule has 26 heavy (non-hydrogen) atoms. The molecule has 3 aromatic rings. The van der Waals surface area contributed by atoms with Crippen LogP contribution in [0.2, 0.25) is 0 Å². The summed E-state index contributed by atoms with van der Waals surface area (Å²) in [6.45, 7) is 3.95. The SMILES string of the molecule is CC1(C)Cc2cccc(OCC(=O)Nc3nnc(-c4ccsc4)s3)c2O1. The first kappa shape index (κ1) is 17.0. The zero-order chi connectivity index (χ0) is 18.1. The standard InChI is InChI=1S/C18H17N3O3S2/c1-18(2)8-11-4-3-5-13(15(11)24-18)23-9-14(22)19-17-21-20-16(26-17)12-6-7-25-10-12/h3-7,10H,8-9H2,1-2H3,(H,19,21,22). The Balaban J connectivity index is 1.38. The topological polar surface area (TPSA) is 73.3 Å². The maximum Gasteiger partial charge on any atom is 0.264 e. The van der Waals surface area contributed by atoms with Crippen molar-refractivity contribution in [2.75, 3.05) is 11.9 Å². The van der Waals surface area contributed by atoms with Gasteiger partial charge in [0, 0.05) is 22.9 Å². The second-order valence-corrected chi connectivity index (χ2v) is 8.30. The Labute approximate surface area is 158 Å².